The monoisotopic (exact) mass is 289 g/mol. The maximum absolute atomic E-state index is 5.78. The zero-order valence-corrected chi connectivity index (χ0v) is 11.4. The summed E-state index contributed by atoms with van der Waals surface area (Å²) < 4.78 is 1.18. The van der Waals surface area contributed by atoms with Crippen LogP contribution >= 0.6 is 27.5 Å². The van der Waals surface area contributed by atoms with Crippen LogP contribution in [0.15, 0.2) is 28.7 Å². The van der Waals surface area contributed by atoms with E-state index in [2.05, 4.69) is 46.0 Å². The number of alkyl halides is 1. The maximum Gasteiger partial charge on any atom is 0.0351 e. The number of hydrogen-bond acceptors (Lipinski definition) is 1. The topological polar surface area (TPSA) is 3.24 Å². The Morgan fingerprint density at radius 2 is 2.00 bits per heavy atom. The minimum absolute atomic E-state index is 0.699. The lowest BCUT2D eigenvalue weighted by molar-refractivity contribution is 0.282. The van der Waals surface area contributed by atoms with E-state index in [1.54, 1.807) is 0 Å². The molecule has 0 radical (unpaired) electrons. The van der Waals surface area contributed by atoms with Crippen molar-refractivity contribution in [2.75, 3.05) is 19.0 Å². The molecule has 84 valence electrons. The highest BCUT2D eigenvalue weighted by molar-refractivity contribution is 9.10. The van der Waals surface area contributed by atoms with Crippen molar-refractivity contribution in [1.29, 1.82) is 0 Å². The van der Waals surface area contributed by atoms with Crippen LogP contribution < -0.4 is 0 Å². The fourth-order valence-electron chi connectivity index (χ4n) is 1.57. The van der Waals surface area contributed by atoms with Crippen LogP contribution in [0.1, 0.15) is 18.9 Å². The molecular weight excluding hydrogens is 273 g/mol. The molecule has 0 bridgehead atoms. The van der Waals surface area contributed by atoms with Gasteiger partial charge in [0.2, 0.25) is 0 Å². The maximum atomic E-state index is 5.78. The molecule has 0 fully saturated rings. The van der Waals surface area contributed by atoms with Crippen LogP contribution in [0.25, 0.3) is 0 Å². The van der Waals surface area contributed by atoms with Crippen LogP contribution in [0.3, 0.4) is 0 Å². The first-order valence-electron chi connectivity index (χ1n) is 5.29. The average Bonchev–Trinajstić information content (AvgIpc) is 2.22. The average molecular weight is 291 g/mol. The Balaban J connectivity index is 2.60. The van der Waals surface area contributed by atoms with Crippen molar-refractivity contribution in [2.24, 2.45) is 0 Å². The molecule has 0 aliphatic rings. The van der Waals surface area contributed by atoms with Gasteiger partial charge in [-0.2, -0.15) is 0 Å². The standard InChI is InChI=1S/C12H17BrClN/c1-2-8-15(9-7-14)10-11-5-3-4-6-12(11)13/h3-6H,2,7-10H2,1H3. The van der Waals surface area contributed by atoms with Crippen molar-refractivity contribution in [2.45, 2.75) is 19.9 Å². The molecule has 0 spiro atoms. The predicted molar refractivity (Wildman–Crippen MR) is 70.4 cm³/mol. The number of hydrogen-bond donors (Lipinski definition) is 0. The lowest BCUT2D eigenvalue weighted by Crippen LogP contribution is -2.26. The lowest BCUT2D eigenvalue weighted by atomic mass is 10.2. The van der Waals surface area contributed by atoms with E-state index in [0.29, 0.717) is 5.88 Å². The zero-order valence-electron chi connectivity index (χ0n) is 9.05. The molecular formula is C12H17BrClN. The molecule has 3 heteroatoms. The molecule has 1 aromatic carbocycles. The van der Waals surface area contributed by atoms with E-state index in [-0.39, 0.29) is 0 Å². The molecule has 0 N–H and O–H groups in total. The highest BCUT2D eigenvalue weighted by atomic mass is 79.9. The summed E-state index contributed by atoms with van der Waals surface area (Å²) in [6.45, 7) is 5.23. The van der Waals surface area contributed by atoms with Gasteiger partial charge in [0.25, 0.3) is 0 Å². The molecule has 1 rings (SSSR count). The molecule has 0 aliphatic carbocycles. The fraction of sp³-hybridized carbons (Fsp3) is 0.500. The van der Waals surface area contributed by atoms with Crippen LogP contribution in [-0.4, -0.2) is 23.9 Å². The van der Waals surface area contributed by atoms with Crippen molar-refractivity contribution >= 4 is 27.5 Å². The van der Waals surface area contributed by atoms with E-state index in [4.69, 9.17) is 11.6 Å². The Morgan fingerprint density at radius 1 is 1.27 bits per heavy atom. The van der Waals surface area contributed by atoms with E-state index in [1.165, 1.54) is 16.5 Å². The summed E-state index contributed by atoms with van der Waals surface area (Å²) in [6.07, 6.45) is 1.17. The van der Waals surface area contributed by atoms with Gasteiger partial charge in [0.15, 0.2) is 0 Å². The summed E-state index contributed by atoms with van der Waals surface area (Å²) in [5, 5.41) is 0. The Kier molecular flexibility index (Phi) is 6.30. The summed E-state index contributed by atoms with van der Waals surface area (Å²) in [4.78, 5) is 2.38. The van der Waals surface area contributed by atoms with E-state index < -0.39 is 0 Å². The Bertz CT molecular complexity index is 285. The molecule has 0 saturated heterocycles. The number of nitrogens with zero attached hydrogens (tertiary/aromatic N) is 1. The van der Waals surface area contributed by atoms with Gasteiger partial charge in [0, 0.05) is 23.4 Å². The van der Waals surface area contributed by atoms with Gasteiger partial charge in [0.05, 0.1) is 0 Å². The van der Waals surface area contributed by atoms with Gasteiger partial charge in [-0.3, -0.25) is 4.90 Å². The third-order valence-electron chi connectivity index (χ3n) is 2.29. The molecule has 0 unspecified atom stereocenters. The number of rotatable bonds is 6. The first kappa shape index (κ1) is 13.0. The minimum atomic E-state index is 0.699. The van der Waals surface area contributed by atoms with Crippen molar-refractivity contribution in [3.05, 3.63) is 34.3 Å². The Hall–Kier alpha value is -0.0500. The second kappa shape index (κ2) is 7.26. The molecule has 0 amide bonds. The largest absolute Gasteiger partial charge is 0.298 e. The number of halogens is 2. The van der Waals surface area contributed by atoms with Gasteiger partial charge in [-0.1, -0.05) is 41.1 Å². The van der Waals surface area contributed by atoms with Gasteiger partial charge in [0.1, 0.15) is 0 Å². The summed E-state index contributed by atoms with van der Waals surface area (Å²) in [5.41, 5.74) is 1.33. The smallest absolute Gasteiger partial charge is 0.0351 e. The van der Waals surface area contributed by atoms with Crippen LogP contribution in [0.4, 0.5) is 0 Å². The fourth-order valence-corrected chi connectivity index (χ4v) is 2.22. The van der Waals surface area contributed by atoms with Crippen molar-refractivity contribution < 1.29 is 0 Å². The summed E-state index contributed by atoms with van der Waals surface area (Å²) in [5.74, 6) is 0.699. The van der Waals surface area contributed by atoms with Crippen LogP contribution in [0.5, 0.6) is 0 Å². The molecule has 0 heterocycles. The molecule has 0 aromatic heterocycles. The normalized spacial score (nSPS) is 10.9. The first-order chi connectivity index (χ1) is 7.27. The highest BCUT2D eigenvalue weighted by Crippen LogP contribution is 2.17. The van der Waals surface area contributed by atoms with Crippen LogP contribution in [0.2, 0.25) is 0 Å². The van der Waals surface area contributed by atoms with Crippen molar-refractivity contribution in [3.8, 4) is 0 Å². The number of benzene rings is 1. The van der Waals surface area contributed by atoms with Crippen LogP contribution in [-0.2, 0) is 6.54 Å². The van der Waals surface area contributed by atoms with Crippen molar-refractivity contribution in [3.63, 3.8) is 0 Å². The molecule has 0 atom stereocenters. The highest BCUT2D eigenvalue weighted by Gasteiger charge is 2.06. The van der Waals surface area contributed by atoms with E-state index in [9.17, 15) is 0 Å². The SMILES string of the molecule is CCCN(CCCl)Cc1ccccc1Br. The second-order valence-corrected chi connectivity index (χ2v) is 4.79. The predicted octanol–water partition coefficient (Wildman–Crippen LogP) is 3.90. The van der Waals surface area contributed by atoms with Gasteiger partial charge in [-0.15, -0.1) is 11.6 Å². The van der Waals surface area contributed by atoms with Gasteiger partial charge in [-0.05, 0) is 24.6 Å². The van der Waals surface area contributed by atoms with Gasteiger partial charge < -0.3 is 0 Å². The third kappa shape index (κ3) is 4.54. The molecule has 0 saturated carbocycles. The van der Waals surface area contributed by atoms with E-state index in [1.807, 2.05) is 6.07 Å². The summed E-state index contributed by atoms with van der Waals surface area (Å²) in [7, 11) is 0. The Morgan fingerprint density at radius 3 is 2.60 bits per heavy atom. The first-order valence-corrected chi connectivity index (χ1v) is 6.62. The molecule has 15 heavy (non-hydrogen) atoms. The quantitative estimate of drug-likeness (QED) is 0.718. The third-order valence-corrected chi connectivity index (χ3v) is 3.24. The molecule has 1 nitrogen and oxygen atoms in total. The lowest BCUT2D eigenvalue weighted by Gasteiger charge is -2.21. The molecule has 1 aromatic rings. The minimum Gasteiger partial charge on any atom is -0.298 e. The second-order valence-electron chi connectivity index (χ2n) is 3.56. The summed E-state index contributed by atoms with van der Waals surface area (Å²) >= 11 is 9.35. The van der Waals surface area contributed by atoms with Gasteiger partial charge in [-0.25, -0.2) is 0 Å². The van der Waals surface area contributed by atoms with E-state index in [0.717, 1.165) is 19.6 Å². The summed E-state index contributed by atoms with van der Waals surface area (Å²) in [6, 6.07) is 8.35. The zero-order chi connectivity index (χ0) is 11.1. The van der Waals surface area contributed by atoms with Gasteiger partial charge >= 0.3 is 0 Å². The molecule has 0 aliphatic heterocycles. The van der Waals surface area contributed by atoms with Crippen molar-refractivity contribution in [1.82, 2.24) is 4.90 Å². The Labute approximate surface area is 106 Å². The van der Waals surface area contributed by atoms with Crippen LogP contribution in [0, 0.1) is 0 Å². The van der Waals surface area contributed by atoms with E-state index >= 15 is 0 Å².